The Labute approximate surface area is 137 Å². The smallest absolute Gasteiger partial charge is 0.0843 e. The Kier molecular flexibility index (Phi) is 5.90. The molecule has 5 heteroatoms. The molecule has 19 heavy (non-hydrogen) atoms. The van der Waals surface area contributed by atoms with E-state index in [1.807, 2.05) is 0 Å². The van der Waals surface area contributed by atoms with Gasteiger partial charge in [-0.3, -0.25) is 4.90 Å². The van der Waals surface area contributed by atoms with Crippen LogP contribution in [0.1, 0.15) is 37.6 Å². The third kappa shape index (κ3) is 3.82. The van der Waals surface area contributed by atoms with Crippen molar-refractivity contribution in [3.05, 3.63) is 19.2 Å². The molecule has 0 radical (unpaired) electrons. The van der Waals surface area contributed by atoms with Gasteiger partial charge in [-0.2, -0.15) is 0 Å². The van der Waals surface area contributed by atoms with Crippen molar-refractivity contribution in [2.24, 2.45) is 17.6 Å². The average Bonchev–Trinajstić information content (AvgIpc) is 2.71. The number of thiophene rings is 1. The van der Waals surface area contributed by atoms with Gasteiger partial charge in [0.05, 0.1) is 9.83 Å². The molecular formula is C14H22Br2N2S. The number of rotatable bonds is 4. The molecule has 1 aromatic heterocycles. The van der Waals surface area contributed by atoms with Crippen LogP contribution in [0.5, 0.6) is 0 Å². The number of hydrogen-bond donors (Lipinski definition) is 1. The second-order valence-corrected chi connectivity index (χ2v) is 8.90. The largest absolute Gasteiger partial charge is 0.329 e. The summed E-state index contributed by atoms with van der Waals surface area (Å²) in [4.78, 5) is 3.92. The number of likely N-dealkylation sites (tertiary alicyclic amines) is 1. The Hall–Kier alpha value is 0.580. The monoisotopic (exact) mass is 408 g/mol. The summed E-state index contributed by atoms with van der Waals surface area (Å²) in [6.07, 6.45) is 2.61. The lowest BCUT2D eigenvalue weighted by Gasteiger charge is -2.38. The van der Waals surface area contributed by atoms with E-state index in [4.69, 9.17) is 5.73 Å². The first kappa shape index (κ1) is 16.0. The topological polar surface area (TPSA) is 29.3 Å². The van der Waals surface area contributed by atoms with E-state index in [0.29, 0.717) is 12.6 Å². The third-order valence-corrected chi connectivity index (χ3v) is 7.53. The van der Waals surface area contributed by atoms with Crippen molar-refractivity contribution in [1.29, 1.82) is 0 Å². The number of nitrogens with zero attached hydrogens (tertiary/aromatic N) is 1. The summed E-state index contributed by atoms with van der Waals surface area (Å²) in [7, 11) is 0. The fourth-order valence-electron chi connectivity index (χ4n) is 2.87. The first-order valence-corrected chi connectivity index (χ1v) is 9.32. The molecule has 1 fully saturated rings. The molecule has 2 nitrogen and oxygen atoms in total. The van der Waals surface area contributed by atoms with Crippen molar-refractivity contribution >= 4 is 43.2 Å². The van der Waals surface area contributed by atoms with Gasteiger partial charge >= 0.3 is 0 Å². The van der Waals surface area contributed by atoms with E-state index in [1.165, 1.54) is 30.8 Å². The van der Waals surface area contributed by atoms with Crippen LogP contribution in [-0.2, 0) is 0 Å². The zero-order valence-electron chi connectivity index (χ0n) is 11.5. The molecule has 0 aromatic carbocycles. The van der Waals surface area contributed by atoms with E-state index in [-0.39, 0.29) is 0 Å². The fourth-order valence-corrected chi connectivity index (χ4v) is 5.11. The van der Waals surface area contributed by atoms with Crippen molar-refractivity contribution in [2.75, 3.05) is 19.6 Å². The maximum absolute atomic E-state index is 6.02. The second kappa shape index (κ2) is 7.03. The number of piperidine rings is 1. The summed E-state index contributed by atoms with van der Waals surface area (Å²) in [5.41, 5.74) is 6.02. The van der Waals surface area contributed by atoms with Gasteiger partial charge in [-0.05, 0) is 75.7 Å². The lowest BCUT2D eigenvalue weighted by Crippen LogP contribution is -2.40. The number of nitrogens with two attached hydrogens (primary N) is 1. The lowest BCUT2D eigenvalue weighted by molar-refractivity contribution is 0.119. The molecule has 2 rings (SSSR count). The molecule has 2 N–H and O–H groups in total. The van der Waals surface area contributed by atoms with Crippen LogP contribution in [0, 0.1) is 11.8 Å². The molecule has 0 bridgehead atoms. The minimum absolute atomic E-state index is 0.376. The van der Waals surface area contributed by atoms with Crippen molar-refractivity contribution in [3.8, 4) is 0 Å². The second-order valence-electron chi connectivity index (χ2n) is 5.64. The highest BCUT2D eigenvalue weighted by atomic mass is 79.9. The molecule has 1 saturated heterocycles. The molecule has 1 aliphatic heterocycles. The summed E-state index contributed by atoms with van der Waals surface area (Å²) in [5, 5.41) is 0. The summed E-state index contributed by atoms with van der Waals surface area (Å²) in [6, 6.07) is 2.58. The quantitative estimate of drug-likeness (QED) is 0.784. The van der Waals surface area contributed by atoms with E-state index in [1.54, 1.807) is 11.3 Å². The first-order valence-electron chi connectivity index (χ1n) is 6.91. The highest BCUT2D eigenvalue weighted by Gasteiger charge is 2.27. The zero-order valence-corrected chi connectivity index (χ0v) is 15.5. The van der Waals surface area contributed by atoms with E-state index in [0.717, 1.165) is 20.1 Å². The van der Waals surface area contributed by atoms with E-state index >= 15 is 0 Å². The van der Waals surface area contributed by atoms with Crippen LogP contribution in [0.2, 0.25) is 0 Å². The minimum Gasteiger partial charge on any atom is -0.329 e. The van der Waals surface area contributed by atoms with Gasteiger partial charge in [-0.1, -0.05) is 13.8 Å². The van der Waals surface area contributed by atoms with Crippen molar-refractivity contribution in [1.82, 2.24) is 4.90 Å². The molecule has 1 atom stereocenters. The maximum atomic E-state index is 6.02. The van der Waals surface area contributed by atoms with E-state index < -0.39 is 0 Å². The Bertz CT molecular complexity index is 392. The summed E-state index contributed by atoms with van der Waals surface area (Å²) in [6.45, 7) is 7.74. The Morgan fingerprint density at radius 2 is 2.00 bits per heavy atom. The molecule has 0 amide bonds. The predicted octanol–water partition coefficient (Wildman–Crippen LogP) is 4.64. The molecule has 2 heterocycles. The van der Waals surface area contributed by atoms with Crippen LogP contribution >= 0.6 is 43.2 Å². The number of hydrogen-bond acceptors (Lipinski definition) is 3. The van der Waals surface area contributed by atoms with Crippen LogP contribution in [0.3, 0.4) is 0 Å². The lowest BCUT2D eigenvalue weighted by atomic mass is 9.86. The molecule has 0 spiro atoms. The molecule has 0 saturated carbocycles. The first-order chi connectivity index (χ1) is 9.02. The van der Waals surface area contributed by atoms with Gasteiger partial charge in [-0.15, -0.1) is 11.3 Å². The summed E-state index contributed by atoms with van der Waals surface area (Å²) < 4.78 is 2.31. The predicted molar refractivity (Wildman–Crippen MR) is 90.6 cm³/mol. The molecule has 108 valence electrons. The highest BCUT2D eigenvalue weighted by Crippen LogP contribution is 2.38. The third-order valence-electron chi connectivity index (χ3n) is 4.17. The van der Waals surface area contributed by atoms with Gasteiger partial charge in [-0.25, -0.2) is 0 Å². The highest BCUT2D eigenvalue weighted by molar-refractivity contribution is 9.13. The molecule has 1 aliphatic rings. The molecular weight excluding hydrogens is 388 g/mol. The van der Waals surface area contributed by atoms with Crippen LogP contribution in [0.15, 0.2) is 14.3 Å². The van der Waals surface area contributed by atoms with Crippen LogP contribution in [0.4, 0.5) is 0 Å². The van der Waals surface area contributed by atoms with Gasteiger partial charge in [0.25, 0.3) is 0 Å². The molecule has 1 aromatic rings. The fraction of sp³-hybridized carbons (Fsp3) is 0.714. The van der Waals surface area contributed by atoms with Gasteiger partial charge < -0.3 is 5.73 Å². The van der Waals surface area contributed by atoms with Crippen molar-refractivity contribution < 1.29 is 0 Å². The van der Waals surface area contributed by atoms with Gasteiger partial charge in [0.1, 0.15) is 0 Å². The van der Waals surface area contributed by atoms with Crippen molar-refractivity contribution in [3.63, 3.8) is 0 Å². The Morgan fingerprint density at radius 3 is 2.42 bits per heavy atom. The van der Waals surface area contributed by atoms with Crippen molar-refractivity contribution in [2.45, 2.75) is 32.7 Å². The standard InChI is InChI=1S/C14H22Br2N2S/c1-9(2)10-3-5-18(6-4-10)12(8-17)13-7-11(15)14(16)19-13/h7,9-10,12H,3-6,8,17H2,1-2H3. The summed E-state index contributed by atoms with van der Waals surface area (Å²) >= 11 is 8.94. The molecule has 0 aliphatic carbocycles. The van der Waals surface area contributed by atoms with Gasteiger partial charge in [0.15, 0.2) is 0 Å². The Balaban J connectivity index is 2.03. The zero-order chi connectivity index (χ0) is 14.0. The Morgan fingerprint density at radius 1 is 1.37 bits per heavy atom. The van der Waals surface area contributed by atoms with Crippen LogP contribution in [-0.4, -0.2) is 24.5 Å². The van der Waals surface area contributed by atoms with Crippen LogP contribution < -0.4 is 5.73 Å². The SMILES string of the molecule is CC(C)C1CCN(C(CN)c2cc(Br)c(Br)s2)CC1. The van der Waals surface area contributed by atoms with Crippen LogP contribution in [0.25, 0.3) is 0 Å². The minimum atomic E-state index is 0.376. The van der Waals surface area contributed by atoms with E-state index in [9.17, 15) is 0 Å². The van der Waals surface area contributed by atoms with Gasteiger partial charge in [0, 0.05) is 15.9 Å². The van der Waals surface area contributed by atoms with Gasteiger partial charge in [0.2, 0.25) is 0 Å². The van der Waals surface area contributed by atoms with E-state index in [2.05, 4.69) is 56.7 Å². The molecule has 1 unspecified atom stereocenters. The number of halogens is 2. The normalized spacial score (nSPS) is 20.1. The summed E-state index contributed by atoms with van der Waals surface area (Å²) in [5.74, 6) is 1.69. The average molecular weight is 410 g/mol. The maximum Gasteiger partial charge on any atom is 0.0843 e.